The Morgan fingerprint density at radius 1 is 1.15 bits per heavy atom. The highest BCUT2D eigenvalue weighted by Gasteiger charge is 2.29. The van der Waals surface area contributed by atoms with Crippen molar-refractivity contribution in [3.63, 3.8) is 0 Å². The van der Waals surface area contributed by atoms with Gasteiger partial charge >= 0.3 is 0 Å². The normalized spacial score (nSPS) is 20.5. The van der Waals surface area contributed by atoms with Crippen LogP contribution < -0.4 is 0 Å². The lowest BCUT2D eigenvalue weighted by Gasteiger charge is -2.34. The lowest BCUT2D eigenvalue weighted by atomic mass is 9.91. The van der Waals surface area contributed by atoms with Gasteiger partial charge in [-0.25, -0.2) is 4.68 Å². The van der Waals surface area contributed by atoms with E-state index >= 15 is 0 Å². The maximum Gasteiger partial charge on any atom is 0.276 e. The predicted octanol–water partition coefficient (Wildman–Crippen LogP) is 3.24. The standard InChI is InChI=1S/C20H23N5O/c1-13-9-14(2)12-24(11-13)20(26)19-15(3)25(23-22-19)18-6-4-5-16-10-21-8-7-17(16)18/h4-8,10,13-14H,9,11-12H2,1-3H3. The summed E-state index contributed by atoms with van der Waals surface area (Å²) in [7, 11) is 0. The molecule has 4 rings (SSSR count). The van der Waals surface area contributed by atoms with Gasteiger partial charge in [-0.1, -0.05) is 31.2 Å². The van der Waals surface area contributed by atoms with E-state index in [1.54, 1.807) is 10.9 Å². The molecule has 1 amide bonds. The molecular weight excluding hydrogens is 326 g/mol. The molecule has 2 atom stereocenters. The van der Waals surface area contributed by atoms with E-state index in [0.717, 1.165) is 35.2 Å². The van der Waals surface area contributed by atoms with Crippen LogP contribution in [-0.4, -0.2) is 43.9 Å². The van der Waals surface area contributed by atoms with Crippen molar-refractivity contribution in [2.24, 2.45) is 11.8 Å². The van der Waals surface area contributed by atoms with Gasteiger partial charge < -0.3 is 4.90 Å². The molecule has 0 radical (unpaired) electrons. The molecule has 1 fully saturated rings. The first-order valence-corrected chi connectivity index (χ1v) is 9.09. The van der Waals surface area contributed by atoms with Crippen molar-refractivity contribution in [1.29, 1.82) is 0 Å². The summed E-state index contributed by atoms with van der Waals surface area (Å²) in [5.74, 6) is 1.02. The van der Waals surface area contributed by atoms with Crippen LogP contribution in [0.15, 0.2) is 36.7 Å². The van der Waals surface area contributed by atoms with E-state index in [1.807, 2.05) is 42.3 Å². The number of aromatic nitrogens is 4. The number of hydrogen-bond donors (Lipinski definition) is 0. The van der Waals surface area contributed by atoms with E-state index in [1.165, 1.54) is 6.42 Å². The minimum atomic E-state index is -0.0194. The quantitative estimate of drug-likeness (QED) is 0.712. The zero-order valence-electron chi connectivity index (χ0n) is 15.4. The van der Waals surface area contributed by atoms with Crippen molar-refractivity contribution in [1.82, 2.24) is 24.9 Å². The Bertz CT molecular complexity index is 948. The van der Waals surface area contributed by atoms with Crippen molar-refractivity contribution in [2.75, 3.05) is 13.1 Å². The van der Waals surface area contributed by atoms with Crippen molar-refractivity contribution < 1.29 is 4.79 Å². The summed E-state index contributed by atoms with van der Waals surface area (Å²) in [6.07, 6.45) is 4.76. The van der Waals surface area contributed by atoms with E-state index < -0.39 is 0 Å². The zero-order chi connectivity index (χ0) is 18.3. The molecule has 2 unspecified atom stereocenters. The molecule has 3 aromatic rings. The van der Waals surface area contributed by atoms with Gasteiger partial charge in [0, 0.05) is 36.3 Å². The lowest BCUT2D eigenvalue weighted by molar-refractivity contribution is 0.0616. The van der Waals surface area contributed by atoms with E-state index in [-0.39, 0.29) is 5.91 Å². The third-order valence-electron chi connectivity index (χ3n) is 5.14. The third-order valence-corrected chi connectivity index (χ3v) is 5.14. The zero-order valence-corrected chi connectivity index (χ0v) is 15.4. The lowest BCUT2D eigenvalue weighted by Crippen LogP contribution is -2.43. The summed E-state index contributed by atoms with van der Waals surface area (Å²) in [6, 6.07) is 7.93. The third kappa shape index (κ3) is 2.85. The molecule has 1 aliphatic rings. The van der Waals surface area contributed by atoms with Gasteiger partial charge in [-0.2, -0.15) is 0 Å². The van der Waals surface area contributed by atoms with E-state index in [2.05, 4.69) is 29.1 Å². The van der Waals surface area contributed by atoms with Gasteiger partial charge in [0.05, 0.1) is 11.4 Å². The molecule has 134 valence electrons. The molecule has 1 aromatic carbocycles. The Morgan fingerprint density at radius 3 is 2.69 bits per heavy atom. The van der Waals surface area contributed by atoms with Crippen LogP contribution in [0.4, 0.5) is 0 Å². The number of benzene rings is 1. The van der Waals surface area contributed by atoms with Crippen LogP contribution >= 0.6 is 0 Å². The molecule has 26 heavy (non-hydrogen) atoms. The maximum atomic E-state index is 13.0. The fourth-order valence-electron chi connectivity index (χ4n) is 4.02. The van der Waals surface area contributed by atoms with Gasteiger partial charge in [0.15, 0.2) is 5.69 Å². The molecule has 0 aliphatic carbocycles. The molecule has 0 spiro atoms. The van der Waals surface area contributed by atoms with Crippen LogP contribution in [0.25, 0.3) is 16.5 Å². The molecule has 1 aliphatic heterocycles. The second kappa shape index (κ2) is 6.52. The summed E-state index contributed by atoms with van der Waals surface area (Å²) in [5, 5.41) is 10.6. The van der Waals surface area contributed by atoms with Crippen LogP contribution in [-0.2, 0) is 0 Å². The summed E-state index contributed by atoms with van der Waals surface area (Å²) < 4.78 is 1.76. The second-order valence-corrected chi connectivity index (χ2v) is 7.47. The number of carbonyl (C=O) groups is 1. The number of likely N-dealkylation sites (tertiary alicyclic amines) is 1. The molecule has 0 N–H and O–H groups in total. The average molecular weight is 349 g/mol. The van der Waals surface area contributed by atoms with Crippen molar-refractivity contribution in [3.05, 3.63) is 48.0 Å². The Balaban J connectivity index is 1.71. The maximum absolute atomic E-state index is 13.0. The number of hydrogen-bond acceptors (Lipinski definition) is 4. The summed E-state index contributed by atoms with van der Waals surface area (Å²) in [5.41, 5.74) is 2.12. The molecule has 3 heterocycles. The van der Waals surface area contributed by atoms with E-state index in [0.29, 0.717) is 17.5 Å². The summed E-state index contributed by atoms with van der Waals surface area (Å²) in [6.45, 7) is 7.88. The minimum Gasteiger partial charge on any atom is -0.337 e. The van der Waals surface area contributed by atoms with Crippen LogP contribution in [0, 0.1) is 18.8 Å². The van der Waals surface area contributed by atoms with Gasteiger partial charge in [-0.3, -0.25) is 9.78 Å². The van der Waals surface area contributed by atoms with Gasteiger partial charge in [0.1, 0.15) is 0 Å². The molecule has 0 saturated carbocycles. The van der Waals surface area contributed by atoms with Crippen LogP contribution in [0.2, 0.25) is 0 Å². The number of fused-ring (bicyclic) bond motifs is 1. The summed E-state index contributed by atoms with van der Waals surface area (Å²) >= 11 is 0. The Kier molecular flexibility index (Phi) is 4.18. The first-order chi connectivity index (χ1) is 12.5. The smallest absolute Gasteiger partial charge is 0.276 e. The number of amides is 1. The topological polar surface area (TPSA) is 63.9 Å². The Morgan fingerprint density at radius 2 is 1.92 bits per heavy atom. The van der Waals surface area contributed by atoms with Crippen LogP contribution in [0.3, 0.4) is 0 Å². The number of pyridine rings is 1. The highest BCUT2D eigenvalue weighted by Crippen LogP contribution is 2.25. The highest BCUT2D eigenvalue weighted by molar-refractivity contribution is 5.94. The Hall–Kier alpha value is -2.76. The monoisotopic (exact) mass is 349 g/mol. The fourth-order valence-corrected chi connectivity index (χ4v) is 4.02. The number of nitrogens with zero attached hydrogens (tertiary/aromatic N) is 5. The molecule has 6 heteroatoms. The van der Waals surface area contributed by atoms with Crippen LogP contribution in [0.5, 0.6) is 0 Å². The largest absolute Gasteiger partial charge is 0.337 e. The molecule has 0 bridgehead atoms. The van der Waals surface area contributed by atoms with Crippen molar-refractivity contribution >= 4 is 16.7 Å². The first kappa shape index (κ1) is 16.7. The SMILES string of the molecule is Cc1c(C(=O)N2CC(C)CC(C)C2)nnn1-c1cccc2cnccc12. The average Bonchev–Trinajstić information content (AvgIpc) is 3.01. The molecule has 2 aromatic heterocycles. The van der Waals surface area contributed by atoms with Gasteiger partial charge in [0.2, 0.25) is 0 Å². The first-order valence-electron chi connectivity index (χ1n) is 9.09. The van der Waals surface area contributed by atoms with Gasteiger partial charge in [-0.15, -0.1) is 5.10 Å². The van der Waals surface area contributed by atoms with Crippen molar-refractivity contribution in [3.8, 4) is 5.69 Å². The van der Waals surface area contributed by atoms with E-state index in [9.17, 15) is 4.79 Å². The number of rotatable bonds is 2. The van der Waals surface area contributed by atoms with Crippen LogP contribution in [0.1, 0.15) is 36.5 Å². The number of carbonyl (C=O) groups excluding carboxylic acids is 1. The fraction of sp³-hybridized carbons (Fsp3) is 0.400. The second-order valence-electron chi connectivity index (χ2n) is 7.47. The summed E-state index contributed by atoms with van der Waals surface area (Å²) in [4.78, 5) is 19.1. The molecule has 1 saturated heterocycles. The molecule has 6 nitrogen and oxygen atoms in total. The van der Waals surface area contributed by atoms with Gasteiger partial charge in [-0.05, 0) is 37.3 Å². The van der Waals surface area contributed by atoms with E-state index in [4.69, 9.17) is 0 Å². The highest BCUT2D eigenvalue weighted by atomic mass is 16.2. The van der Waals surface area contributed by atoms with Crippen molar-refractivity contribution in [2.45, 2.75) is 27.2 Å². The predicted molar refractivity (Wildman–Crippen MR) is 100 cm³/mol. The molecular formula is C20H23N5O. The Labute approximate surface area is 152 Å². The number of piperidine rings is 1. The minimum absolute atomic E-state index is 0.0194. The van der Waals surface area contributed by atoms with Gasteiger partial charge in [0.25, 0.3) is 5.91 Å².